The minimum absolute atomic E-state index is 0. The topological polar surface area (TPSA) is 160 Å². The maximum absolute atomic E-state index is 10.8. The van der Waals surface area contributed by atoms with Gasteiger partial charge in [-0.25, -0.2) is 13.4 Å². The fraction of sp³-hybridized carbons (Fsp3) is 1.00. The molecule has 0 fully saturated rings. The molecular weight excluding hydrogens is 349 g/mol. The van der Waals surface area contributed by atoms with Crippen LogP contribution < -0.4 is 0 Å². The molecule has 0 aliphatic rings. The summed E-state index contributed by atoms with van der Waals surface area (Å²) < 4.78 is 43.7. The minimum atomic E-state index is -4.38. The summed E-state index contributed by atoms with van der Waals surface area (Å²) in [6.45, 7) is 6.92. The van der Waals surface area contributed by atoms with Crippen LogP contribution in [0.15, 0.2) is 0 Å². The zero-order valence-corrected chi connectivity index (χ0v) is 14.4. The predicted octanol–water partition coefficient (Wildman–Crippen LogP) is 2.48. The molecule has 0 heterocycles. The van der Waals surface area contributed by atoms with Crippen LogP contribution in [0.4, 0.5) is 0 Å². The van der Waals surface area contributed by atoms with Crippen LogP contribution in [0, 0.1) is 0 Å². The molecule has 0 aliphatic carbocycles. The Balaban J connectivity index is -0.000000317. The summed E-state index contributed by atoms with van der Waals surface area (Å²) in [7, 11) is -12.6. The van der Waals surface area contributed by atoms with Crippen LogP contribution in [-0.2, 0) is 27.1 Å². The monoisotopic (exact) mass is 374 g/mol. The quantitative estimate of drug-likeness (QED) is 0.508. The zero-order valence-electron chi connectivity index (χ0n) is 11.7. The number of phosphoric acid groups is 2. The molecule has 0 spiro atoms. The van der Waals surface area contributed by atoms with Crippen LogP contribution in [0.2, 0.25) is 0 Å². The smallest absolute Gasteiger partial charge is 0.324 e. The Bertz CT molecular complexity index is 409. The maximum Gasteiger partial charge on any atom is 0.479 e. The summed E-state index contributed by atoms with van der Waals surface area (Å²) in [4.78, 5) is 33.5. The highest BCUT2D eigenvalue weighted by molar-refractivity contribution is 7.63. The van der Waals surface area contributed by atoms with E-state index in [0.29, 0.717) is 0 Å². The van der Waals surface area contributed by atoms with Crippen molar-refractivity contribution in [2.75, 3.05) is 6.66 Å². The van der Waals surface area contributed by atoms with Crippen LogP contribution in [-0.4, -0.2) is 38.4 Å². The van der Waals surface area contributed by atoms with Crippen molar-refractivity contribution >= 4 is 23.2 Å². The summed E-state index contributed by atoms with van der Waals surface area (Å²) >= 11 is 0. The molecule has 13 heteroatoms. The standard InChI is InChI=1S/C4H12O6P2.C3H9O4P.CH4/c1-4(2)9-12(7,8)10-11(3,5)6;1-3(2)7-8(4,5)6;/h4H,1-3H3,(H,5,6)(H,7,8);3H,1-2H3,(H2,4,5,6);1H4. The molecule has 0 saturated heterocycles. The Hall–Kier alpha value is 0.410. The van der Waals surface area contributed by atoms with Gasteiger partial charge in [0.15, 0.2) is 0 Å². The van der Waals surface area contributed by atoms with Crippen molar-refractivity contribution in [2.45, 2.75) is 47.3 Å². The third kappa shape index (κ3) is 25.7. The summed E-state index contributed by atoms with van der Waals surface area (Å²) in [5.74, 6) is 0. The van der Waals surface area contributed by atoms with E-state index in [4.69, 9.17) is 19.6 Å². The van der Waals surface area contributed by atoms with Gasteiger partial charge in [0, 0.05) is 6.66 Å². The predicted molar refractivity (Wildman–Crippen MR) is 77.9 cm³/mol. The number of phosphoric ester groups is 2. The van der Waals surface area contributed by atoms with E-state index in [-0.39, 0.29) is 7.43 Å². The van der Waals surface area contributed by atoms with Gasteiger partial charge in [-0.05, 0) is 27.7 Å². The third-order valence-corrected chi connectivity index (χ3v) is 4.37. The van der Waals surface area contributed by atoms with E-state index in [1.54, 1.807) is 13.8 Å². The largest absolute Gasteiger partial charge is 0.479 e. The molecular formula is C8H25O10P3. The molecule has 0 radical (unpaired) electrons. The van der Waals surface area contributed by atoms with Gasteiger partial charge in [0.05, 0.1) is 12.2 Å². The molecule has 0 rings (SSSR count). The van der Waals surface area contributed by atoms with Crippen LogP contribution in [0.1, 0.15) is 35.1 Å². The second-order valence-corrected chi connectivity index (χ2v) is 8.75. The normalized spacial score (nSPS) is 17.3. The molecule has 0 saturated carbocycles. The second kappa shape index (κ2) is 10.2. The number of hydrogen-bond acceptors (Lipinski definition) is 6. The lowest BCUT2D eigenvalue weighted by molar-refractivity contribution is 0.155. The van der Waals surface area contributed by atoms with Crippen molar-refractivity contribution in [3.05, 3.63) is 0 Å². The highest BCUT2D eigenvalue weighted by atomic mass is 31.3. The Labute approximate surface area is 124 Å². The molecule has 2 unspecified atom stereocenters. The molecule has 10 nitrogen and oxygen atoms in total. The fourth-order valence-electron chi connectivity index (χ4n) is 0.752. The van der Waals surface area contributed by atoms with E-state index in [0.717, 1.165) is 6.66 Å². The van der Waals surface area contributed by atoms with Crippen molar-refractivity contribution in [3.8, 4) is 0 Å². The van der Waals surface area contributed by atoms with Gasteiger partial charge in [-0.1, -0.05) is 7.43 Å². The molecule has 2 atom stereocenters. The third-order valence-electron chi connectivity index (χ3n) is 0.947. The Kier molecular flexibility index (Phi) is 12.8. The molecule has 4 N–H and O–H groups in total. The van der Waals surface area contributed by atoms with Gasteiger partial charge < -0.3 is 19.6 Å². The van der Waals surface area contributed by atoms with Crippen molar-refractivity contribution in [1.82, 2.24) is 0 Å². The van der Waals surface area contributed by atoms with Gasteiger partial charge >= 0.3 is 23.2 Å². The van der Waals surface area contributed by atoms with Crippen LogP contribution in [0.25, 0.3) is 0 Å². The van der Waals surface area contributed by atoms with Crippen LogP contribution in [0.5, 0.6) is 0 Å². The summed E-state index contributed by atoms with van der Waals surface area (Å²) in [6.07, 6.45) is -0.969. The highest BCUT2D eigenvalue weighted by Gasteiger charge is 2.30. The van der Waals surface area contributed by atoms with E-state index in [1.807, 2.05) is 0 Å². The highest BCUT2D eigenvalue weighted by Crippen LogP contribution is 2.58. The van der Waals surface area contributed by atoms with Crippen molar-refractivity contribution in [1.29, 1.82) is 0 Å². The minimum Gasteiger partial charge on any atom is -0.324 e. The van der Waals surface area contributed by atoms with Gasteiger partial charge in [-0.15, -0.1) is 0 Å². The lowest BCUT2D eigenvalue weighted by atomic mass is 10.5. The van der Waals surface area contributed by atoms with E-state index >= 15 is 0 Å². The Morgan fingerprint density at radius 1 is 0.810 bits per heavy atom. The van der Waals surface area contributed by atoms with Gasteiger partial charge in [-0.3, -0.25) is 13.6 Å². The first-order valence-corrected chi connectivity index (χ1v) is 10.4. The first-order valence-electron chi connectivity index (χ1n) is 5.31. The molecule has 0 aliphatic heterocycles. The molecule has 0 amide bonds. The van der Waals surface area contributed by atoms with Crippen LogP contribution in [0.3, 0.4) is 0 Å². The Morgan fingerprint density at radius 2 is 1.14 bits per heavy atom. The van der Waals surface area contributed by atoms with E-state index in [1.165, 1.54) is 13.8 Å². The fourth-order valence-corrected chi connectivity index (χ4v) is 3.52. The molecule has 21 heavy (non-hydrogen) atoms. The lowest BCUT2D eigenvalue weighted by Gasteiger charge is -2.15. The zero-order chi connectivity index (χ0) is 16.8. The van der Waals surface area contributed by atoms with Crippen LogP contribution >= 0.6 is 23.2 Å². The average molecular weight is 374 g/mol. The first kappa shape index (κ1) is 26.3. The van der Waals surface area contributed by atoms with Gasteiger partial charge in [0.1, 0.15) is 0 Å². The number of rotatable bonds is 6. The van der Waals surface area contributed by atoms with Gasteiger partial charge in [0.25, 0.3) is 0 Å². The van der Waals surface area contributed by atoms with Crippen molar-refractivity contribution in [3.63, 3.8) is 0 Å². The lowest BCUT2D eigenvalue weighted by Crippen LogP contribution is -2.01. The Morgan fingerprint density at radius 3 is 1.29 bits per heavy atom. The molecule has 0 aromatic carbocycles. The summed E-state index contributed by atoms with van der Waals surface area (Å²) in [5.41, 5.74) is 0. The van der Waals surface area contributed by atoms with Crippen molar-refractivity contribution in [2.24, 2.45) is 0 Å². The van der Waals surface area contributed by atoms with E-state index < -0.39 is 35.4 Å². The molecule has 0 aromatic rings. The average Bonchev–Trinajstić information content (AvgIpc) is 1.88. The van der Waals surface area contributed by atoms with Gasteiger partial charge in [0.2, 0.25) is 0 Å². The van der Waals surface area contributed by atoms with E-state index in [9.17, 15) is 13.7 Å². The first-order chi connectivity index (χ1) is 8.54. The molecule has 0 aromatic heterocycles. The second-order valence-electron chi connectivity index (χ2n) is 4.15. The van der Waals surface area contributed by atoms with E-state index in [2.05, 4.69) is 13.4 Å². The summed E-state index contributed by atoms with van der Waals surface area (Å²) in [6, 6.07) is 0. The van der Waals surface area contributed by atoms with Gasteiger partial charge in [-0.2, -0.15) is 0 Å². The SMILES string of the molecule is C.CC(C)OP(=O)(O)O.CC(C)OP(=O)(O)OP(C)(=O)O. The summed E-state index contributed by atoms with van der Waals surface area (Å²) in [5, 5.41) is 0. The molecule has 0 bridgehead atoms. The number of hydrogen-bond donors (Lipinski definition) is 4. The molecule has 132 valence electrons. The maximum atomic E-state index is 10.8. The van der Waals surface area contributed by atoms with Crippen molar-refractivity contribution < 1.29 is 46.6 Å².